The Morgan fingerprint density at radius 1 is 1.37 bits per heavy atom. The predicted octanol–water partition coefficient (Wildman–Crippen LogP) is 1.59. The highest BCUT2D eigenvalue weighted by Gasteiger charge is 2.48. The Balaban J connectivity index is 1.81. The molecule has 1 aliphatic carbocycles. The maximum absolute atomic E-state index is 12.7. The van der Waals surface area contributed by atoms with Crippen LogP contribution >= 0.6 is 0 Å². The molecule has 0 saturated heterocycles. The Bertz CT molecular complexity index is 486. The molecule has 0 bridgehead atoms. The average molecular weight is 265 g/mol. The second kappa shape index (κ2) is 5.38. The van der Waals surface area contributed by atoms with Crippen LogP contribution in [0.25, 0.3) is 0 Å². The Hall–Kier alpha value is -1.91. The van der Waals surface area contributed by atoms with Crippen LogP contribution in [0.15, 0.2) is 24.3 Å². The van der Waals surface area contributed by atoms with Crippen molar-refractivity contribution < 1.29 is 19.1 Å². The van der Waals surface area contributed by atoms with Crippen molar-refractivity contribution in [1.29, 1.82) is 0 Å². The summed E-state index contributed by atoms with van der Waals surface area (Å²) < 4.78 is 12.7. The lowest BCUT2D eigenvalue weighted by Crippen LogP contribution is -2.35. The van der Waals surface area contributed by atoms with Crippen molar-refractivity contribution in [3.05, 3.63) is 35.6 Å². The number of halogens is 1. The van der Waals surface area contributed by atoms with Gasteiger partial charge in [-0.25, -0.2) is 4.39 Å². The van der Waals surface area contributed by atoms with Gasteiger partial charge in [0.25, 0.3) is 0 Å². The molecule has 1 unspecified atom stereocenters. The van der Waals surface area contributed by atoms with E-state index in [0.717, 1.165) is 5.56 Å². The van der Waals surface area contributed by atoms with E-state index in [1.807, 2.05) is 6.92 Å². The Kier molecular flexibility index (Phi) is 3.83. The van der Waals surface area contributed by atoms with Crippen molar-refractivity contribution >= 4 is 11.9 Å². The van der Waals surface area contributed by atoms with Gasteiger partial charge in [-0.05, 0) is 37.5 Å². The molecule has 0 aromatic heterocycles. The summed E-state index contributed by atoms with van der Waals surface area (Å²) in [5, 5.41) is 11.5. The normalized spacial score (nSPS) is 22.6. The third-order valence-corrected chi connectivity index (χ3v) is 3.29. The van der Waals surface area contributed by atoms with Crippen LogP contribution in [0.2, 0.25) is 0 Å². The van der Waals surface area contributed by atoms with Crippen molar-refractivity contribution in [3.63, 3.8) is 0 Å². The molecule has 3 atom stereocenters. The standard InChI is InChI=1S/C14H16FNO3/c1-8(6-9-2-4-10(15)5-3-9)16-13(17)11-7-12(11)14(18)19/h2-5,8,11-12H,6-7H2,1H3,(H,16,17)(H,18,19)/t8?,11-,12+/m1/s1. The molecule has 2 N–H and O–H groups in total. The molecule has 1 saturated carbocycles. The van der Waals surface area contributed by atoms with E-state index in [4.69, 9.17) is 5.11 Å². The smallest absolute Gasteiger partial charge is 0.307 e. The van der Waals surface area contributed by atoms with Gasteiger partial charge in [0.15, 0.2) is 0 Å². The van der Waals surface area contributed by atoms with E-state index in [0.29, 0.717) is 12.8 Å². The van der Waals surface area contributed by atoms with E-state index in [1.54, 1.807) is 12.1 Å². The van der Waals surface area contributed by atoms with E-state index in [9.17, 15) is 14.0 Å². The van der Waals surface area contributed by atoms with Gasteiger partial charge >= 0.3 is 5.97 Å². The van der Waals surface area contributed by atoms with Crippen molar-refractivity contribution in [3.8, 4) is 0 Å². The number of amides is 1. The molecule has 0 aliphatic heterocycles. The maximum Gasteiger partial charge on any atom is 0.307 e. The Morgan fingerprint density at radius 3 is 2.53 bits per heavy atom. The third-order valence-electron chi connectivity index (χ3n) is 3.29. The maximum atomic E-state index is 12.7. The van der Waals surface area contributed by atoms with Gasteiger partial charge in [0, 0.05) is 6.04 Å². The second-order valence-electron chi connectivity index (χ2n) is 5.03. The first-order valence-electron chi connectivity index (χ1n) is 6.25. The largest absolute Gasteiger partial charge is 0.481 e. The molecule has 5 heteroatoms. The Morgan fingerprint density at radius 2 is 2.00 bits per heavy atom. The van der Waals surface area contributed by atoms with Gasteiger partial charge in [-0.1, -0.05) is 12.1 Å². The molecule has 1 aromatic rings. The van der Waals surface area contributed by atoms with Crippen LogP contribution in [0.4, 0.5) is 4.39 Å². The second-order valence-corrected chi connectivity index (χ2v) is 5.03. The number of carbonyl (C=O) groups excluding carboxylic acids is 1. The molecule has 1 amide bonds. The minimum Gasteiger partial charge on any atom is -0.481 e. The Labute approximate surface area is 110 Å². The molecule has 0 spiro atoms. The molecule has 0 heterocycles. The van der Waals surface area contributed by atoms with Crippen LogP contribution in [-0.4, -0.2) is 23.0 Å². The first-order chi connectivity index (χ1) is 8.97. The molecule has 1 fully saturated rings. The molecule has 1 aromatic carbocycles. The summed E-state index contributed by atoms with van der Waals surface area (Å²) >= 11 is 0. The number of carboxylic acid groups (broad SMARTS) is 1. The van der Waals surface area contributed by atoms with Gasteiger partial charge < -0.3 is 10.4 Å². The van der Waals surface area contributed by atoms with Gasteiger partial charge in [-0.15, -0.1) is 0 Å². The van der Waals surface area contributed by atoms with E-state index in [2.05, 4.69) is 5.32 Å². The summed E-state index contributed by atoms with van der Waals surface area (Å²) in [6.07, 6.45) is 1.01. The molecule has 1 aliphatic rings. The van der Waals surface area contributed by atoms with Gasteiger partial charge in [-0.2, -0.15) is 0 Å². The quantitative estimate of drug-likeness (QED) is 0.849. The van der Waals surface area contributed by atoms with Crippen molar-refractivity contribution in [2.45, 2.75) is 25.8 Å². The van der Waals surface area contributed by atoms with E-state index >= 15 is 0 Å². The first kappa shape index (κ1) is 13.5. The predicted molar refractivity (Wildman–Crippen MR) is 66.9 cm³/mol. The van der Waals surface area contributed by atoms with Gasteiger partial charge in [0.2, 0.25) is 5.91 Å². The number of rotatable bonds is 5. The number of hydrogen-bond donors (Lipinski definition) is 2. The highest BCUT2D eigenvalue weighted by molar-refractivity contribution is 5.89. The summed E-state index contributed by atoms with van der Waals surface area (Å²) in [7, 11) is 0. The van der Waals surface area contributed by atoms with Crippen LogP contribution in [0, 0.1) is 17.7 Å². The zero-order valence-electron chi connectivity index (χ0n) is 10.6. The summed E-state index contributed by atoms with van der Waals surface area (Å²) in [4.78, 5) is 22.4. The third kappa shape index (κ3) is 3.53. The van der Waals surface area contributed by atoms with Crippen LogP contribution in [0.1, 0.15) is 18.9 Å². The topological polar surface area (TPSA) is 66.4 Å². The molecule has 2 rings (SSSR count). The molecular formula is C14H16FNO3. The van der Waals surface area contributed by atoms with Crippen LogP contribution in [-0.2, 0) is 16.0 Å². The number of aliphatic carboxylic acids is 1. The van der Waals surface area contributed by atoms with Gasteiger partial charge in [0.05, 0.1) is 11.8 Å². The van der Waals surface area contributed by atoms with Crippen molar-refractivity contribution in [1.82, 2.24) is 5.32 Å². The van der Waals surface area contributed by atoms with Crippen LogP contribution < -0.4 is 5.32 Å². The molecule has 102 valence electrons. The minimum atomic E-state index is -0.911. The fourth-order valence-corrected chi connectivity index (χ4v) is 2.13. The highest BCUT2D eigenvalue weighted by atomic mass is 19.1. The SMILES string of the molecule is CC(Cc1ccc(F)cc1)NC(=O)[C@@H]1C[C@@H]1C(=O)O. The average Bonchev–Trinajstić information content (AvgIpc) is 3.12. The lowest BCUT2D eigenvalue weighted by Gasteiger charge is -2.13. The van der Waals surface area contributed by atoms with E-state index in [1.165, 1.54) is 12.1 Å². The highest BCUT2D eigenvalue weighted by Crippen LogP contribution is 2.38. The summed E-state index contributed by atoms with van der Waals surface area (Å²) in [6, 6.07) is 6.01. The summed E-state index contributed by atoms with van der Waals surface area (Å²) in [5.41, 5.74) is 0.930. The minimum absolute atomic E-state index is 0.104. The summed E-state index contributed by atoms with van der Waals surface area (Å²) in [6.45, 7) is 1.85. The monoisotopic (exact) mass is 265 g/mol. The van der Waals surface area contributed by atoms with Gasteiger partial charge in [0.1, 0.15) is 5.82 Å². The number of carboxylic acids is 1. The zero-order chi connectivity index (χ0) is 14.0. The fourth-order valence-electron chi connectivity index (χ4n) is 2.13. The molecule has 19 heavy (non-hydrogen) atoms. The number of carbonyl (C=O) groups is 2. The van der Waals surface area contributed by atoms with E-state index < -0.39 is 17.8 Å². The zero-order valence-corrected chi connectivity index (χ0v) is 10.6. The van der Waals surface area contributed by atoms with Crippen LogP contribution in [0.5, 0.6) is 0 Å². The molecular weight excluding hydrogens is 249 g/mol. The lowest BCUT2D eigenvalue weighted by molar-refractivity contribution is -0.140. The number of benzene rings is 1. The first-order valence-corrected chi connectivity index (χ1v) is 6.25. The number of nitrogens with one attached hydrogen (secondary N) is 1. The van der Waals surface area contributed by atoms with Gasteiger partial charge in [-0.3, -0.25) is 9.59 Å². The van der Waals surface area contributed by atoms with Crippen molar-refractivity contribution in [2.24, 2.45) is 11.8 Å². The molecule has 0 radical (unpaired) electrons. The lowest BCUT2D eigenvalue weighted by atomic mass is 10.1. The van der Waals surface area contributed by atoms with Crippen LogP contribution in [0.3, 0.4) is 0 Å². The van der Waals surface area contributed by atoms with Crippen molar-refractivity contribution in [2.75, 3.05) is 0 Å². The van der Waals surface area contributed by atoms with E-state index in [-0.39, 0.29) is 17.8 Å². The fraction of sp³-hybridized carbons (Fsp3) is 0.429. The summed E-state index contributed by atoms with van der Waals surface area (Å²) in [5.74, 6) is -2.33. The molecule has 4 nitrogen and oxygen atoms in total. The number of hydrogen-bond acceptors (Lipinski definition) is 2.